The van der Waals surface area contributed by atoms with Crippen molar-refractivity contribution in [2.75, 3.05) is 4.90 Å². The number of furan rings is 2. The van der Waals surface area contributed by atoms with Gasteiger partial charge in [0.05, 0.1) is 5.69 Å². The second-order valence-corrected chi connectivity index (χ2v) is 16.5. The number of rotatable bonds is 6. The summed E-state index contributed by atoms with van der Waals surface area (Å²) in [4.78, 5) is 2.43. The van der Waals surface area contributed by atoms with Gasteiger partial charge in [0.25, 0.3) is 0 Å². The van der Waals surface area contributed by atoms with E-state index in [-0.39, 0.29) is 5.41 Å². The molecular weight excluding hydrogens is 731 g/mol. The van der Waals surface area contributed by atoms with Crippen molar-refractivity contribution in [3.8, 4) is 44.5 Å². The highest BCUT2D eigenvalue weighted by molar-refractivity contribution is 6.17. The Labute approximate surface area is 348 Å². The van der Waals surface area contributed by atoms with Gasteiger partial charge in [0.2, 0.25) is 0 Å². The van der Waals surface area contributed by atoms with E-state index in [1.54, 1.807) is 0 Å². The molecule has 11 aromatic rings. The molecule has 12 rings (SSSR count). The summed E-state index contributed by atoms with van der Waals surface area (Å²) >= 11 is 0. The molecule has 0 atom stereocenters. The first-order chi connectivity index (χ1) is 29.5. The molecule has 284 valence electrons. The Morgan fingerprint density at radius 2 is 0.917 bits per heavy atom. The Kier molecular flexibility index (Phi) is 7.58. The monoisotopic (exact) mass is 769 g/mol. The second-order valence-electron chi connectivity index (χ2n) is 16.5. The number of hydrogen-bond acceptors (Lipinski definition) is 3. The van der Waals surface area contributed by atoms with Crippen LogP contribution in [0.25, 0.3) is 88.4 Å². The molecule has 0 amide bonds. The fourth-order valence-corrected chi connectivity index (χ4v) is 9.76. The lowest BCUT2D eigenvalue weighted by atomic mass is 9.82. The van der Waals surface area contributed by atoms with Crippen LogP contribution in [-0.4, -0.2) is 0 Å². The zero-order valence-electron chi connectivity index (χ0n) is 33.3. The van der Waals surface area contributed by atoms with E-state index in [9.17, 15) is 0 Å². The van der Waals surface area contributed by atoms with Crippen LogP contribution >= 0.6 is 0 Å². The molecule has 2 heterocycles. The summed E-state index contributed by atoms with van der Waals surface area (Å²) in [6.07, 6.45) is 0. The van der Waals surface area contributed by atoms with E-state index < -0.39 is 0 Å². The predicted octanol–water partition coefficient (Wildman–Crippen LogP) is 16.3. The van der Waals surface area contributed by atoms with Crippen LogP contribution in [0.3, 0.4) is 0 Å². The molecule has 2 aromatic heterocycles. The number of anilines is 3. The molecule has 0 fully saturated rings. The minimum absolute atomic E-state index is 0.182. The van der Waals surface area contributed by atoms with Gasteiger partial charge < -0.3 is 13.7 Å². The van der Waals surface area contributed by atoms with Crippen molar-refractivity contribution in [1.29, 1.82) is 0 Å². The Hall–Kier alpha value is -7.62. The molecule has 1 aliphatic rings. The van der Waals surface area contributed by atoms with E-state index in [0.29, 0.717) is 0 Å². The Bertz CT molecular complexity index is 3400. The normalized spacial score (nSPS) is 13.0. The molecule has 0 spiro atoms. The summed E-state index contributed by atoms with van der Waals surface area (Å²) in [6, 6.07) is 72.1. The predicted molar refractivity (Wildman–Crippen MR) is 250 cm³/mol. The third-order valence-corrected chi connectivity index (χ3v) is 12.6. The van der Waals surface area contributed by atoms with Crippen LogP contribution in [0.15, 0.2) is 209 Å². The largest absolute Gasteiger partial charge is 0.456 e. The van der Waals surface area contributed by atoms with Gasteiger partial charge in [-0.2, -0.15) is 0 Å². The summed E-state index contributed by atoms with van der Waals surface area (Å²) in [5.41, 5.74) is 18.4. The van der Waals surface area contributed by atoms with Crippen LogP contribution in [0.4, 0.5) is 17.1 Å². The van der Waals surface area contributed by atoms with Gasteiger partial charge in [0, 0.05) is 50.0 Å². The smallest absolute Gasteiger partial charge is 0.137 e. The quantitative estimate of drug-likeness (QED) is 0.169. The molecule has 0 unspecified atom stereocenters. The molecule has 60 heavy (non-hydrogen) atoms. The molecule has 0 saturated heterocycles. The van der Waals surface area contributed by atoms with E-state index >= 15 is 0 Å². The molecule has 0 saturated carbocycles. The Morgan fingerprint density at radius 1 is 0.367 bits per heavy atom. The molecule has 9 aromatic carbocycles. The van der Waals surface area contributed by atoms with Gasteiger partial charge in [0.15, 0.2) is 0 Å². The van der Waals surface area contributed by atoms with Crippen molar-refractivity contribution < 1.29 is 8.83 Å². The highest BCUT2D eigenvalue weighted by Crippen LogP contribution is 2.53. The van der Waals surface area contributed by atoms with Gasteiger partial charge in [-0.15, -0.1) is 0 Å². The van der Waals surface area contributed by atoms with E-state index in [1.807, 2.05) is 18.2 Å². The van der Waals surface area contributed by atoms with Gasteiger partial charge in [-0.1, -0.05) is 141 Å². The van der Waals surface area contributed by atoms with E-state index in [1.165, 1.54) is 22.3 Å². The minimum atomic E-state index is -0.182. The first kappa shape index (κ1) is 34.4. The molecule has 3 heteroatoms. The summed E-state index contributed by atoms with van der Waals surface area (Å²) in [5, 5.41) is 4.37. The lowest BCUT2D eigenvalue weighted by molar-refractivity contribution is 0.660. The molecule has 0 bridgehead atoms. The van der Waals surface area contributed by atoms with Crippen molar-refractivity contribution in [1.82, 2.24) is 0 Å². The third kappa shape index (κ3) is 5.29. The first-order valence-corrected chi connectivity index (χ1v) is 20.7. The lowest BCUT2D eigenvalue weighted by Crippen LogP contribution is -2.17. The molecule has 1 aliphatic carbocycles. The molecule has 3 nitrogen and oxygen atoms in total. The maximum atomic E-state index is 6.67. The molecule has 0 aliphatic heterocycles. The topological polar surface area (TPSA) is 29.5 Å². The number of para-hydroxylation sites is 2. The van der Waals surface area contributed by atoms with Crippen molar-refractivity contribution in [2.24, 2.45) is 0 Å². The minimum Gasteiger partial charge on any atom is -0.456 e. The van der Waals surface area contributed by atoms with Crippen LogP contribution in [0.1, 0.15) is 25.0 Å². The number of fused-ring (bicyclic) bond motifs is 9. The third-order valence-electron chi connectivity index (χ3n) is 12.6. The number of hydrogen-bond donors (Lipinski definition) is 0. The van der Waals surface area contributed by atoms with Crippen molar-refractivity contribution in [3.05, 3.63) is 211 Å². The second kappa shape index (κ2) is 13.2. The van der Waals surface area contributed by atoms with Crippen molar-refractivity contribution >= 4 is 60.9 Å². The van der Waals surface area contributed by atoms with Gasteiger partial charge in [-0.25, -0.2) is 0 Å². The van der Waals surface area contributed by atoms with Crippen molar-refractivity contribution in [3.63, 3.8) is 0 Å². The number of nitrogens with zero attached hydrogens (tertiary/aromatic N) is 1. The van der Waals surface area contributed by atoms with Gasteiger partial charge >= 0.3 is 0 Å². The fraction of sp³-hybridized carbons (Fsp3) is 0.0526. The van der Waals surface area contributed by atoms with Gasteiger partial charge in [-0.3, -0.25) is 0 Å². The van der Waals surface area contributed by atoms with E-state index in [4.69, 9.17) is 8.83 Å². The summed E-state index contributed by atoms with van der Waals surface area (Å²) < 4.78 is 13.3. The fourth-order valence-electron chi connectivity index (χ4n) is 9.76. The highest BCUT2D eigenvalue weighted by Gasteiger charge is 2.36. The average molecular weight is 770 g/mol. The highest BCUT2D eigenvalue weighted by atomic mass is 16.3. The molecular formula is C57H39NO2. The molecule has 0 radical (unpaired) electrons. The first-order valence-electron chi connectivity index (χ1n) is 20.7. The van der Waals surface area contributed by atoms with Crippen LogP contribution in [-0.2, 0) is 5.41 Å². The number of benzene rings is 9. The maximum Gasteiger partial charge on any atom is 0.137 e. The van der Waals surface area contributed by atoms with Crippen molar-refractivity contribution in [2.45, 2.75) is 19.3 Å². The Balaban J connectivity index is 1.18. The van der Waals surface area contributed by atoms with E-state index in [2.05, 4.69) is 201 Å². The molecule has 0 N–H and O–H groups in total. The maximum absolute atomic E-state index is 6.67. The Morgan fingerprint density at radius 3 is 1.67 bits per heavy atom. The van der Waals surface area contributed by atoms with Crippen LogP contribution in [0.2, 0.25) is 0 Å². The summed E-state index contributed by atoms with van der Waals surface area (Å²) in [6.45, 7) is 4.70. The summed E-state index contributed by atoms with van der Waals surface area (Å²) in [5.74, 6) is 0. The lowest BCUT2D eigenvalue weighted by Gasteiger charge is -2.30. The zero-order chi connectivity index (χ0) is 40.0. The SMILES string of the molecule is CC1(C)c2ccccc2-c2ccc(N(c3ccc4c(c3)oc3ccccc34)c3ccc4oc5ccccc5c4c3-c3cc(-c4ccccc4)cc(-c4ccccc4)c3)cc21. The van der Waals surface area contributed by atoms with E-state index in [0.717, 1.165) is 94.3 Å². The van der Waals surface area contributed by atoms with Crippen LogP contribution < -0.4 is 4.90 Å². The zero-order valence-corrected chi connectivity index (χ0v) is 33.3. The van der Waals surface area contributed by atoms with Crippen LogP contribution in [0.5, 0.6) is 0 Å². The van der Waals surface area contributed by atoms with Gasteiger partial charge in [-0.05, 0) is 117 Å². The summed E-state index contributed by atoms with van der Waals surface area (Å²) in [7, 11) is 0. The standard InChI is InChI=1S/C57H39NO2/c1-57(2)48-22-12-9-19-43(48)44-27-25-41(34-49(44)57)58(42-26-28-46-45-20-10-13-23-51(45)60-54(46)35-42)50-29-30-53-56(47-21-11-14-24-52(47)59-53)55(50)40-32-38(36-15-5-3-6-16-36)31-39(33-40)37-17-7-4-8-18-37/h3-35H,1-2H3. The van der Waals surface area contributed by atoms with Gasteiger partial charge in [0.1, 0.15) is 22.3 Å². The average Bonchev–Trinajstić information content (AvgIpc) is 3.94. The van der Waals surface area contributed by atoms with Crippen LogP contribution in [0, 0.1) is 0 Å².